The number of alkyl carbamates (subject to hydrolysis) is 1. The Labute approximate surface area is 286 Å². The zero-order valence-electron chi connectivity index (χ0n) is 28.9. The van der Waals surface area contributed by atoms with Crippen LogP contribution in [0.4, 0.5) is 10.5 Å². The molecule has 4 rings (SSSR count). The van der Waals surface area contributed by atoms with Crippen LogP contribution >= 0.6 is 11.6 Å². The zero-order chi connectivity index (χ0) is 35.7. The van der Waals surface area contributed by atoms with Crippen molar-refractivity contribution >= 4 is 41.2 Å². The summed E-state index contributed by atoms with van der Waals surface area (Å²) in [4.78, 5) is 54.7. The van der Waals surface area contributed by atoms with Crippen LogP contribution in [0, 0.1) is 5.92 Å². The van der Waals surface area contributed by atoms with Crippen LogP contribution < -0.4 is 15.0 Å². The average Bonchev–Trinajstić information content (AvgIpc) is 3.73. The molecule has 2 saturated heterocycles. The van der Waals surface area contributed by atoms with E-state index in [1.54, 1.807) is 45.2 Å². The number of halogens is 1. The van der Waals surface area contributed by atoms with Gasteiger partial charge in [0.15, 0.2) is 5.72 Å². The fraction of sp³-hybridized carbons (Fsp3) is 0.588. The van der Waals surface area contributed by atoms with Crippen LogP contribution in [0.1, 0.15) is 53.0 Å². The number of anilines is 1. The number of carbonyl (C=O) groups excluding carboxylic acids is 4. The van der Waals surface area contributed by atoms with Gasteiger partial charge in [-0.25, -0.2) is 9.59 Å². The number of benzene rings is 1. The second kappa shape index (κ2) is 14.5. The van der Waals surface area contributed by atoms with Gasteiger partial charge in [-0.1, -0.05) is 42.3 Å². The number of fused-ring (bicyclic) bond motifs is 5. The summed E-state index contributed by atoms with van der Waals surface area (Å²) in [5.74, 6) is -1.63. The number of esters is 1. The first-order chi connectivity index (χ1) is 22.4. The summed E-state index contributed by atoms with van der Waals surface area (Å²) < 4.78 is 28.9. The standard InChI is InChI=1S/C34H46ClN3O10/c1-18-11-10-12-26(45-9)34(43)17-25(46-32(42)36-34)19(2)30-33(5,48-30)27(47-31(41)20(3)37(6)21(4)39)16-28(40)38(7)23-14-22(13-18)15-24(44-8)29(23)35/h10-12,14-15,19-20,25-27,30,43H,13,16-17H2,1-9H3,(H,36,42)/b12-10+,18-11+/t19-,20-,25+,26-,27-,30-,33+,34+/m1/s1. The van der Waals surface area contributed by atoms with Gasteiger partial charge in [-0.15, -0.1) is 0 Å². The summed E-state index contributed by atoms with van der Waals surface area (Å²) in [5.41, 5.74) is -0.871. The van der Waals surface area contributed by atoms with Crippen molar-refractivity contribution in [3.05, 3.63) is 46.5 Å². The Hall–Kier alpha value is -3.65. The largest absolute Gasteiger partial charge is 0.495 e. The van der Waals surface area contributed by atoms with Gasteiger partial charge < -0.3 is 38.6 Å². The van der Waals surface area contributed by atoms with Gasteiger partial charge in [-0.2, -0.15) is 0 Å². The van der Waals surface area contributed by atoms with Crippen molar-refractivity contribution in [2.75, 3.05) is 33.2 Å². The summed E-state index contributed by atoms with van der Waals surface area (Å²) >= 11 is 6.71. The van der Waals surface area contributed by atoms with Crippen LogP contribution in [0.15, 0.2) is 35.9 Å². The van der Waals surface area contributed by atoms with Crippen LogP contribution in [0.25, 0.3) is 0 Å². The van der Waals surface area contributed by atoms with Crippen molar-refractivity contribution < 1.29 is 48.0 Å². The molecule has 8 atom stereocenters. The minimum atomic E-state index is -1.81. The number of allylic oxidation sites excluding steroid dienone is 3. The number of nitrogens with one attached hydrogen (secondary N) is 1. The van der Waals surface area contributed by atoms with Gasteiger partial charge in [0, 0.05) is 40.5 Å². The first-order valence-electron chi connectivity index (χ1n) is 15.8. The van der Waals surface area contributed by atoms with Crippen LogP contribution in [-0.4, -0.2) is 104 Å². The van der Waals surface area contributed by atoms with E-state index < -0.39 is 65.7 Å². The molecule has 0 unspecified atom stereocenters. The van der Waals surface area contributed by atoms with Crippen molar-refractivity contribution in [2.24, 2.45) is 5.92 Å². The first-order valence-corrected chi connectivity index (χ1v) is 16.2. The Balaban J connectivity index is 1.80. The molecule has 0 radical (unpaired) electrons. The molecule has 0 saturated carbocycles. The lowest BCUT2D eigenvalue weighted by Crippen LogP contribution is -2.63. The number of epoxide rings is 1. The molecule has 48 heavy (non-hydrogen) atoms. The third-order valence-corrected chi connectivity index (χ3v) is 10.0. The molecular weight excluding hydrogens is 646 g/mol. The molecule has 3 amide bonds. The van der Waals surface area contributed by atoms with Gasteiger partial charge in [0.1, 0.15) is 40.7 Å². The Bertz CT molecular complexity index is 1500. The number of hydrogen-bond acceptors (Lipinski definition) is 10. The Kier molecular flexibility index (Phi) is 11.2. The molecule has 0 aromatic heterocycles. The second-order valence-corrected chi connectivity index (χ2v) is 13.4. The lowest BCUT2D eigenvalue weighted by Gasteiger charge is -2.42. The molecule has 4 bridgehead atoms. The van der Waals surface area contributed by atoms with E-state index in [0.29, 0.717) is 17.9 Å². The average molecular weight is 692 g/mol. The van der Waals surface area contributed by atoms with E-state index in [1.807, 2.05) is 13.0 Å². The molecule has 2 fully saturated rings. The van der Waals surface area contributed by atoms with E-state index in [0.717, 1.165) is 11.1 Å². The number of ether oxygens (including phenoxy) is 5. The molecule has 13 nitrogen and oxygen atoms in total. The highest BCUT2D eigenvalue weighted by molar-refractivity contribution is 6.35. The molecule has 14 heteroatoms. The van der Waals surface area contributed by atoms with Crippen molar-refractivity contribution in [3.63, 3.8) is 0 Å². The molecule has 3 aliphatic heterocycles. The van der Waals surface area contributed by atoms with E-state index >= 15 is 0 Å². The van der Waals surface area contributed by atoms with Gasteiger partial charge in [-0.3, -0.25) is 14.9 Å². The van der Waals surface area contributed by atoms with E-state index in [-0.39, 0.29) is 23.8 Å². The van der Waals surface area contributed by atoms with Gasteiger partial charge in [0.05, 0.1) is 25.3 Å². The number of aliphatic hydroxyl groups is 1. The molecular formula is C34H46ClN3O10. The van der Waals surface area contributed by atoms with Crippen molar-refractivity contribution in [3.8, 4) is 5.75 Å². The maximum atomic E-state index is 14.0. The fourth-order valence-electron chi connectivity index (χ4n) is 6.27. The summed E-state index contributed by atoms with van der Waals surface area (Å²) in [6.45, 7) is 8.29. The normalized spacial score (nSPS) is 33.2. The number of likely N-dealkylation sites (N-methyl/N-ethyl adjacent to an activating group) is 1. The van der Waals surface area contributed by atoms with Gasteiger partial charge in [0.25, 0.3) is 0 Å². The van der Waals surface area contributed by atoms with Crippen LogP contribution in [0.5, 0.6) is 5.75 Å². The van der Waals surface area contributed by atoms with Gasteiger partial charge in [-0.05, 0) is 44.9 Å². The van der Waals surface area contributed by atoms with Crippen molar-refractivity contribution in [1.82, 2.24) is 10.2 Å². The fourth-order valence-corrected chi connectivity index (χ4v) is 6.59. The SMILES string of the molecule is COc1cc2cc(c1Cl)N(C)C(=O)C[C@@H](OC(=O)[C@@H](C)N(C)C(C)=O)[C@]1(C)O[C@@H]1[C@H](C)[C@@H]1C[C@@](O)(NC(=O)O1)[C@H](OC)/C=C/C=C(\C)C2. The van der Waals surface area contributed by atoms with Crippen LogP contribution in [0.3, 0.4) is 0 Å². The maximum absolute atomic E-state index is 14.0. The Morgan fingerprint density at radius 1 is 1.25 bits per heavy atom. The number of methoxy groups -OCH3 is 2. The van der Waals surface area contributed by atoms with Gasteiger partial charge in [0.2, 0.25) is 11.8 Å². The number of hydrogen-bond donors (Lipinski definition) is 2. The number of rotatable bonds is 5. The van der Waals surface area contributed by atoms with Gasteiger partial charge >= 0.3 is 12.1 Å². The van der Waals surface area contributed by atoms with Crippen molar-refractivity contribution in [1.29, 1.82) is 0 Å². The molecule has 0 spiro atoms. The molecule has 3 heterocycles. The molecule has 1 aromatic rings. The summed E-state index contributed by atoms with van der Waals surface area (Å²) in [7, 11) is 5.97. The van der Waals surface area contributed by atoms with Crippen molar-refractivity contribution in [2.45, 2.75) is 95.7 Å². The maximum Gasteiger partial charge on any atom is 0.409 e. The molecule has 2 N–H and O–H groups in total. The molecule has 264 valence electrons. The first kappa shape index (κ1) is 37.2. The number of nitrogens with zero attached hydrogens (tertiary/aromatic N) is 2. The van der Waals surface area contributed by atoms with E-state index in [1.165, 1.54) is 44.9 Å². The quantitative estimate of drug-likeness (QED) is 0.346. The third-order valence-electron chi connectivity index (χ3n) is 9.63. The minimum Gasteiger partial charge on any atom is -0.495 e. The Morgan fingerprint density at radius 2 is 1.94 bits per heavy atom. The predicted molar refractivity (Wildman–Crippen MR) is 177 cm³/mol. The third kappa shape index (κ3) is 7.64. The van der Waals surface area contributed by atoms with E-state index in [4.69, 9.17) is 35.3 Å². The van der Waals surface area contributed by atoms with Crippen LogP contribution in [0.2, 0.25) is 5.02 Å². The minimum absolute atomic E-state index is 0.0436. The molecule has 1 aromatic carbocycles. The monoisotopic (exact) mass is 691 g/mol. The second-order valence-electron chi connectivity index (χ2n) is 13.0. The molecule has 3 aliphatic rings. The highest BCUT2D eigenvalue weighted by Crippen LogP contribution is 2.49. The lowest BCUT2D eigenvalue weighted by atomic mass is 9.83. The topological polar surface area (TPSA) is 156 Å². The van der Waals surface area contributed by atoms with E-state index in [9.17, 15) is 24.3 Å². The predicted octanol–water partition coefficient (Wildman–Crippen LogP) is 3.53. The highest BCUT2D eigenvalue weighted by atomic mass is 35.5. The zero-order valence-corrected chi connectivity index (χ0v) is 29.6. The smallest absolute Gasteiger partial charge is 0.409 e. The Morgan fingerprint density at radius 3 is 2.56 bits per heavy atom. The van der Waals surface area contributed by atoms with E-state index in [2.05, 4.69) is 5.32 Å². The highest BCUT2D eigenvalue weighted by Gasteiger charge is 2.64. The van der Waals surface area contributed by atoms with Crippen LogP contribution in [-0.2, 0) is 39.8 Å². The summed E-state index contributed by atoms with van der Waals surface area (Å²) in [5, 5.41) is 14.4. The number of amides is 3. The number of carbonyl (C=O) groups is 4. The summed E-state index contributed by atoms with van der Waals surface area (Å²) in [6.07, 6.45) is 1.02. The lowest BCUT2D eigenvalue weighted by molar-refractivity contribution is -0.161. The molecule has 0 aliphatic carbocycles. The summed E-state index contributed by atoms with van der Waals surface area (Å²) in [6, 6.07) is 2.63.